The molecule has 1 aromatic heterocycles. The minimum atomic E-state index is -0.0999. The molecule has 0 amide bonds. The van der Waals surface area contributed by atoms with Gasteiger partial charge in [0.2, 0.25) is 0 Å². The summed E-state index contributed by atoms with van der Waals surface area (Å²) in [6.45, 7) is 0. The molecule has 3 nitrogen and oxygen atoms in total. The fourth-order valence-electron chi connectivity index (χ4n) is 2.99. The number of carbonyl (C=O) groups is 1. The van der Waals surface area contributed by atoms with Gasteiger partial charge < -0.3 is 0 Å². The van der Waals surface area contributed by atoms with Gasteiger partial charge in [-0.3, -0.25) is 9.36 Å². The lowest BCUT2D eigenvalue weighted by molar-refractivity contribution is 0.0965. The Bertz CT molecular complexity index is 1160. The Labute approximate surface area is 174 Å². The zero-order chi connectivity index (χ0) is 19.9. The highest BCUT2D eigenvalue weighted by Gasteiger charge is 2.14. The summed E-state index contributed by atoms with van der Waals surface area (Å²) >= 11 is 1.55. The summed E-state index contributed by atoms with van der Waals surface area (Å²) < 4.78 is 1.69. The van der Waals surface area contributed by atoms with Crippen LogP contribution in [0.25, 0.3) is 23.2 Å². The predicted molar refractivity (Wildman–Crippen MR) is 122 cm³/mol. The molecule has 4 heteroatoms. The van der Waals surface area contributed by atoms with Gasteiger partial charge in [0.25, 0.3) is 5.91 Å². The van der Waals surface area contributed by atoms with Gasteiger partial charge in [0.05, 0.1) is 11.0 Å². The number of nitrogens with zero attached hydrogens (tertiary/aromatic N) is 2. The van der Waals surface area contributed by atoms with Crippen molar-refractivity contribution in [2.75, 3.05) is 5.75 Å². The van der Waals surface area contributed by atoms with E-state index in [-0.39, 0.29) is 5.91 Å². The van der Waals surface area contributed by atoms with Gasteiger partial charge in [0.1, 0.15) is 0 Å². The molecule has 0 N–H and O–H groups in total. The Morgan fingerprint density at radius 1 is 0.828 bits per heavy atom. The van der Waals surface area contributed by atoms with Crippen molar-refractivity contribution in [1.29, 1.82) is 0 Å². The monoisotopic (exact) mass is 396 g/mol. The summed E-state index contributed by atoms with van der Waals surface area (Å²) in [7, 11) is 0. The van der Waals surface area contributed by atoms with Gasteiger partial charge in [-0.2, -0.15) is 0 Å². The van der Waals surface area contributed by atoms with Crippen LogP contribution in [0.15, 0.2) is 102 Å². The van der Waals surface area contributed by atoms with E-state index in [1.165, 1.54) is 0 Å². The topological polar surface area (TPSA) is 34.9 Å². The standard InChI is InChI=1S/C25H20N2OS/c28-24(18-17-21-12-5-2-6-13-21)27-23-16-8-7-15-22(23)26-25(27)29-19-9-14-20-10-3-1-4-11-20/h1-18H,19H2. The van der Waals surface area contributed by atoms with Crippen molar-refractivity contribution >= 4 is 40.9 Å². The largest absolute Gasteiger partial charge is 0.269 e. The fraction of sp³-hybridized carbons (Fsp3) is 0.0400. The van der Waals surface area contributed by atoms with Crippen LogP contribution in [-0.4, -0.2) is 21.2 Å². The van der Waals surface area contributed by atoms with Gasteiger partial charge in [-0.1, -0.05) is 96.7 Å². The van der Waals surface area contributed by atoms with E-state index in [1.807, 2.05) is 78.9 Å². The first-order chi connectivity index (χ1) is 14.3. The second kappa shape index (κ2) is 9.22. The van der Waals surface area contributed by atoms with E-state index in [4.69, 9.17) is 0 Å². The van der Waals surface area contributed by atoms with Crippen LogP contribution in [-0.2, 0) is 0 Å². The highest BCUT2D eigenvalue weighted by molar-refractivity contribution is 7.99. The van der Waals surface area contributed by atoms with Crippen LogP contribution in [0, 0.1) is 0 Å². The molecule has 3 aromatic carbocycles. The number of imidazole rings is 1. The lowest BCUT2D eigenvalue weighted by atomic mass is 10.2. The summed E-state index contributed by atoms with van der Waals surface area (Å²) in [5.74, 6) is 0.630. The zero-order valence-electron chi connectivity index (χ0n) is 15.8. The summed E-state index contributed by atoms with van der Waals surface area (Å²) in [5, 5.41) is 0.701. The number of carbonyl (C=O) groups excluding carboxylic acids is 1. The molecule has 1 heterocycles. The van der Waals surface area contributed by atoms with Gasteiger partial charge >= 0.3 is 0 Å². The van der Waals surface area contributed by atoms with Crippen molar-refractivity contribution in [3.63, 3.8) is 0 Å². The number of benzene rings is 3. The van der Waals surface area contributed by atoms with Crippen LogP contribution in [0.3, 0.4) is 0 Å². The lowest BCUT2D eigenvalue weighted by Gasteiger charge is -2.04. The Morgan fingerprint density at radius 3 is 2.17 bits per heavy atom. The number of hydrogen-bond donors (Lipinski definition) is 0. The number of hydrogen-bond acceptors (Lipinski definition) is 3. The maximum atomic E-state index is 13.0. The molecule has 4 rings (SSSR count). The molecule has 0 spiro atoms. The van der Waals surface area contributed by atoms with Crippen molar-refractivity contribution in [3.8, 4) is 0 Å². The number of rotatable bonds is 6. The molecule has 0 atom stereocenters. The van der Waals surface area contributed by atoms with Crippen molar-refractivity contribution in [1.82, 2.24) is 9.55 Å². The molecule has 0 bridgehead atoms. The minimum Gasteiger partial charge on any atom is -0.269 e. The quantitative estimate of drug-likeness (QED) is 0.288. The molecule has 29 heavy (non-hydrogen) atoms. The molecule has 0 aliphatic carbocycles. The zero-order valence-corrected chi connectivity index (χ0v) is 16.6. The van der Waals surface area contributed by atoms with Crippen LogP contribution in [0.4, 0.5) is 0 Å². The third kappa shape index (κ3) is 4.73. The summed E-state index contributed by atoms with van der Waals surface area (Å²) in [4.78, 5) is 17.6. The smallest absolute Gasteiger partial charge is 0.257 e. The lowest BCUT2D eigenvalue weighted by Crippen LogP contribution is -2.08. The Hall–Kier alpha value is -3.37. The number of para-hydroxylation sites is 2. The average Bonchev–Trinajstić information content (AvgIpc) is 3.15. The Kier molecular flexibility index (Phi) is 6.03. The van der Waals surface area contributed by atoms with Crippen LogP contribution < -0.4 is 0 Å². The molecule has 0 radical (unpaired) electrons. The van der Waals surface area contributed by atoms with Crippen molar-refractivity contribution in [3.05, 3.63) is 108 Å². The highest BCUT2D eigenvalue weighted by atomic mass is 32.2. The number of fused-ring (bicyclic) bond motifs is 1. The number of allylic oxidation sites excluding steroid dienone is 1. The molecule has 0 fully saturated rings. The van der Waals surface area contributed by atoms with Gasteiger partial charge in [-0.05, 0) is 29.3 Å². The molecular formula is C25H20N2OS. The second-order valence-corrected chi connectivity index (χ2v) is 7.41. The van der Waals surface area contributed by atoms with Crippen LogP contribution in [0.2, 0.25) is 0 Å². The summed E-state index contributed by atoms with van der Waals surface area (Å²) in [6.07, 6.45) is 7.61. The number of aromatic nitrogens is 2. The minimum absolute atomic E-state index is 0.0999. The first kappa shape index (κ1) is 19.0. The molecule has 0 aliphatic rings. The van der Waals surface area contributed by atoms with Crippen LogP contribution in [0.1, 0.15) is 15.9 Å². The van der Waals surface area contributed by atoms with E-state index in [0.29, 0.717) is 5.16 Å². The maximum absolute atomic E-state index is 13.0. The fourth-order valence-corrected chi connectivity index (χ4v) is 3.81. The molecule has 0 saturated carbocycles. The molecule has 0 aliphatic heterocycles. The second-order valence-electron chi connectivity index (χ2n) is 6.42. The average molecular weight is 397 g/mol. The summed E-state index contributed by atoms with van der Waals surface area (Å²) in [5.41, 5.74) is 3.79. The third-order valence-electron chi connectivity index (χ3n) is 4.39. The van der Waals surface area contributed by atoms with E-state index >= 15 is 0 Å². The van der Waals surface area contributed by atoms with Crippen LogP contribution in [0.5, 0.6) is 0 Å². The highest BCUT2D eigenvalue weighted by Crippen LogP contribution is 2.24. The molecule has 0 saturated heterocycles. The van der Waals surface area contributed by atoms with Gasteiger partial charge in [-0.25, -0.2) is 4.98 Å². The number of thioether (sulfide) groups is 1. The van der Waals surface area contributed by atoms with E-state index in [0.717, 1.165) is 27.9 Å². The van der Waals surface area contributed by atoms with Crippen LogP contribution >= 0.6 is 11.8 Å². The maximum Gasteiger partial charge on any atom is 0.257 e. The Morgan fingerprint density at radius 2 is 1.45 bits per heavy atom. The first-order valence-electron chi connectivity index (χ1n) is 9.40. The normalized spacial score (nSPS) is 11.6. The molecule has 0 unspecified atom stereocenters. The van der Waals surface area contributed by atoms with E-state index in [9.17, 15) is 4.79 Å². The van der Waals surface area contributed by atoms with Gasteiger partial charge in [-0.15, -0.1) is 0 Å². The Balaban J connectivity index is 1.56. The van der Waals surface area contributed by atoms with Crippen molar-refractivity contribution in [2.24, 2.45) is 0 Å². The van der Waals surface area contributed by atoms with Crippen molar-refractivity contribution in [2.45, 2.75) is 5.16 Å². The van der Waals surface area contributed by atoms with E-state index < -0.39 is 0 Å². The van der Waals surface area contributed by atoms with E-state index in [1.54, 1.807) is 22.4 Å². The molecular weight excluding hydrogens is 376 g/mol. The SMILES string of the molecule is O=C(C=Cc1ccccc1)n1c(SCC=Cc2ccccc2)nc2ccccc21. The van der Waals surface area contributed by atoms with Crippen molar-refractivity contribution < 1.29 is 4.79 Å². The van der Waals surface area contributed by atoms with Gasteiger partial charge in [0.15, 0.2) is 5.16 Å². The first-order valence-corrected chi connectivity index (χ1v) is 10.4. The van der Waals surface area contributed by atoms with Gasteiger partial charge in [0, 0.05) is 11.8 Å². The molecule has 4 aromatic rings. The molecule has 142 valence electrons. The summed E-state index contributed by atoms with van der Waals surface area (Å²) in [6, 6.07) is 27.7. The predicted octanol–water partition coefficient (Wildman–Crippen LogP) is 6.20. The third-order valence-corrected chi connectivity index (χ3v) is 5.28. The van der Waals surface area contributed by atoms with E-state index in [2.05, 4.69) is 29.3 Å².